The van der Waals surface area contributed by atoms with Gasteiger partial charge in [0.25, 0.3) is 0 Å². The van der Waals surface area contributed by atoms with E-state index in [-0.39, 0.29) is 17.5 Å². The molecule has 118 valence electrons. The summed E-state index contributed by atoms with van der Waals surface area (Å²) in [5.41, 5.74) is 2.73. The summed E-state index contributed by atoms with van der Waals surface area (Å²) in [5.74, 6) is -0.751. The quantitative estimate of drug-likeness (QED) is 0.566. The van der Waals surface area contributed by atoms with Crippen molar-refractivity contribution in [3.05, 3.63) is 47.3 Å². The van der Waals surface area contributed by atoms with E-state index in [1.165, 1.54) is 24.6 Å². The molecule has 5 nitrogen and oxygen atoms in total. The molecule has 0 saturated heterocycles. The van der Waals surface area contributed by atoms with E-state index in [4.69, 9.17) is 0 Å². The molecular weight excluding hydrogens is 292 g/mol. The first-order valence-corrected chi connectivity index (χ1v) is 7.98. The number of allylic oxidation sites excluding steroid dienone is 1. The highest BCUT2D eigenvalue weighted by atomic mass is 16.4. The number of fused-ring (bicyclic) bond motifs is 1. The molecular formula is C18H18N2O3. The number of rotatable bonds is 6. The van der Waals surface area contributed by atoms with Crippen LogP contribution >= 0.6 is 0 Å². The lowest BCUT2D eigenvalue weighted by Gasteiger charge is -2.04. The fourth-order valence-corrected chi connectivity index (χ4v) is 2.75. The van der Waals surface area contributed by atoms with Crippen molar-refractivity contribution in [1.82, 2.24) is 10.3 Å². The van der Waals surface area contributed by atoms with Crippen molar-refractivity contribution in [3.8, 4) is 0 Å². The van der Waals surface area contributed by atoms with Crippen LogP contribution in [-0.2, 0) is 4.79 Å². The number of hydrogen-bond donors (Lipinski definition) is 3. The Morgan fingerprint density at radius 1 is 1.17 bits per heavy atom. The molecule has 2 aromatic rings. The summed E-state index contributed by atoms with van der Waals surface area (Å²) in [6.07, 6.45) is 5.54. The number of nitrogens with one attached hydrogen (secondary N) is 2. The van der Waals surface area contributed by atoms with Gasteiger partial charge in [-0.3, -0.25) is 4.79 Å². The third kappa shape index (κ3) is 2.99. The van der Waals surface area contributed by atoms with Crippen LogP contribution in [0.2, 0.25) is 0 Å². The van der Waals surface area contributed by atoms with Gasteiger partial charge in [0, 0.05) is 34.3 Å². The summed E-state index contributed by atoms with van der Waals surface area (Å²) >= 11 is 0. The average molecular weight is 310 g/mol. The van der Waals surface area contributed by atoms with E-state index >= 15 is 0 Å². The van der Waals surface area contributed by atoms with Crippen molar-refractivity contribution >= 4 is 22.7 Å². The lowest BCUT2D eigenvalue weighted by molar-refractivity contribution is -0.133. The first-order chi connectivity index (χ1) is 11.1. The van der Waals surface area contributed by atoms with Gasteiger partial charge >= 0.3 is 5.97 Å². The third-order valence-electron chi connectivity index (χ3n) is 4.39. The number of carboxylic acids is 1. The van der Waals surface area contributed by atoms with Crippen molar-refractivity contribution < 1.29 is 14.7 Å². The number of carbonyl (C=O) groups excluding carboxylic acids is 1. The first kappa shape index (κ1) is 14.1. The highest BCUT2D eigenvalue weighted by Crippen LogP contribution is 2.40. The van der Waals surface area contributed by atoms with Crippen molar-refractivity contribution in [3.63, 3.8) is 0 Å². The number of ketones is 1. The summed E-state index contributed by atoms with van der Waals surface area (Å²) < 4.78 is 0. The highest BCUT2D eigenvalue weighted by molar-refractivity contribution is 6.09. The van der Waals surface area contributed by atoms with Gasteiger partial charge in [-0.25, -0.2) is 4.79 Å². The second-order valence-electron chi connectivity index (χ2n) is 6.45. The zero-order chi connectivity index (χ0) is 16.0. The number of H-pyrrole nitrogens is 1. The molecule has 0 spiro atoms. The predicted molar refractivity (Wildman–Crippen MR) is 86.5 cm³/mol. The topological polar surface area (TPSA) is 82.2 Å². The molecule has 0 radical (unpaired) electrons. The van der Waals surface area contributed by atoms with Crippen LogP contribution in [0.15, 0.2) is 36.0 Å². The molecule has 0 unspecified atom stereocenters. The molecule has 1 aromatic carbocycles. The minimum Gasteiger partial charge on any atom is -0.477 e. The maximum atomic E-state index is 12.4. The van der Waals surface area contributed by atoms with Gasteiger partial charge in [0.1, 0.15) is 5.70 Å². The van der Waals surface area contributed by atoms with Crippen LogP contribution in [0, 0.1) is 0 Å². The zero-order valence-electron chi connectivity index (χ0n) is 12.6. The van der Waals surface area contributed by atoms with Crippen LogP contribution < -0.4 is 5.32 Å². The van der Waals surface area contributed by atoms with Crippen LogP contribution in [-0.4, -0.2) is 27.9 Å². The molecule has 23 heavy (non-hydrogen) atoms. The van der Waals surface area contributed by atoms with Gasteiger partial charge in [0.05, 0.1) is 0 Å². The molecule has 0 bridgehead atoms. The van der Waals surface area contributed by atoms with Crippen molar-refractivity contribution in [1.29, 1.82) is 0 Å². The molecule has 2 aliphatic rings. The lowest BCUT2D eigenvalue weighted by atomic mass is 10.1. The van der Waals surface area contributed by atoms with Gasteiger partial charge in [-0.05, 0) is 55.9 Å². The second kappa shape index (κ2) is 5.26. The van der Waals surface area contributed by atoms with Gasteiger partial charge in [-0.15, -0.1) is 0 Å². The monoisotopic (exact) mass is 310 g/mol. The van der Waals surface area contributed by atoms with Crippen LogP contribution in [0.3, 0.4) is 0 Å². The molecule has 2 saturated carbocycles. The van der Waals surface area contributed by atoms with E-state index in [2.05, 4.69) is 16.4 Å². The minimum atomic E-state index is -1.09. The van der Waals surface area contributed by atoms with E-state index < -0.39 is 5.97 Å². The van der Waals surface area contributed by atoms with Crippen LogP contribution in [0.1, 0.15) is 47.7 Å². The summed E-state index contributed by atoms with van der Waals surface area (Å²) in [4.78, 5) is 27.0. The number of aliphatic carboxylic acids is 1. The smallest absolute Gasteiger partial charge is 0.352 e. The number of aromatic amines is 1. The molecule has 1 aromatic heterocycles. The van der Waals surface area contributed by atoms with Gasteiger partial charge in [-0.1, -0.05) is 0 Å². The number of hydrogen-bond acceptors (Lipinski definition) is 3. The second-order valence-corrected chi connectivity index (χ2v) is 6.45. The molecule has 4 rings (SSSR count). The van der Waals surface area contributed by atoms with Gasteiger partial charge in [0.15, 0.2) is 5.78 Å². The SMILES string of the molecule is O=C(O)/C(=C/C(=O)c1ccc2[nH]c(C3CC3)cc2c1)NC1CC1. The Kier molecular flexibility index (Phi) is 3.22. The summed E-state index contributed by atoms with van der Waals surface area (Å²) in [7, 11) is 0. The van der Waals surface area contributed by atoms with E-state index in [0.29, 0.717) is 11.5 Å². The number of benzene rings is 1. The number of carboxylic acid groups (broad SMARTS) is 1. The van der Waals surface area contributed by atoms with Crippen molar-refractivity contribution in [2.75, 3.05) is 0 Å². The van der Waals surface area contributed by atoms with Crippen LogP contribution in [0.25, 0.3) is 10.9 Å². The fraction of sp³-hybridized carbons (Fsp3) is 0.333. The maximum absolute atomic E-state index is 12.4. The third-order valence-corrected chi connectivity index (χ3v) is 4.39. The Morgan fingerprint density at radius 3 is 2.61 bits per heavy atom. The molecule has 0 aliphatic heterocycles. The van der Waals surface area contributed by atoms with Gasteiger partial charge in [0.2, 0.25) is 0 Å². The maximum Gasteiger partial charge on any atom is 0.352 e. The van der Waals surface area contributed by atoms with E-state index in [1.54, 1.807) is 6.07 Å². The van der Waals surface area contributed by atoms with Crippen molar-refractivity contribution in [2.45, 2.75) is 37.6 Å². The normalized spacial score (nSPS) is 18.2. The van der Waals surface area contributed by atoms with Gasteiger partial charge in [-0.2, -0.15) is 0 Å². The predicted octanol–water partition coefficient (Wildman–Crippen LogP) is 2.95. The van der Waals surface area contributed by atoms with E-state index in [9.17, 15) is 14.7 Å². The van der Waals surface area contributed by atoms with Crippen LogP contribution in [0.5, 0.6) is 0 Å². The molecule has 1 heterocycles. The Hall–Kier alpha value is -2.56. The Labute approximate surface area is 133 Å². The molecule has 2 aliphatic carbocycles. The largest absolute Gasteiger partial charge is 0.477 e. The first-order valence-electron chi connectivity index (χ1n) is 7.98. The van der Waals surface area contributed by atoms with E-state index in [0.717, 1.165) is 23.7 Å². The highest BCUT2D eigenvalue weighted by Gasteiger charge is 2.26. The Bertz CT molecular complexity index is 826. The average Bonchev–Trinajstić information content (AvgIpc) is 3.44. The summed E-state index contributed by atoms with van der Waals surface area (Å²) in [5, 5.41) is 13.1. The summed E-state index contributed by atoms with van der Waals surface area (Å²) in [6, 6.07) is 7.74. The number of aromatic nitrogens is 1. The van der Waals surface area contributed by atoms with Crippen molar-refractivity contribution in [2.24, 2.45) is 0 Å². The Morgan fingerprint density at radius 2 is 1.96 bits per heavy atom. The van der Waals surface area contributed by atoms with Crippen LogP contribution in [0.4, 0.5) is 0 Å². The van der Waals surface area contributed by atoms with E-state index in [1.807, 2.05) is 12.1 Å². The molecule has 2 fully saturated rings. The minimum absolute atomic E-state index is 0.0228. The summed E-state index contributed by atoms with van der Waals surface area (Å²) in [6.45, 7) is 0. The number of carbonyl (C=O) groups is 2. The molecule has 5 heteroatoms. The molecule has 3 N–H and O–H groups in total. The lowest BCUT2D eigenvalue weighted by Crippen LogP contribution is -2.23. The Balaban J connectivity index is 1.61. The molecule has 0 atom stereocenters. The molecule has 0 amide bonds. The fourth-order valence-electron chi connectivity index (χ4n) is 2.75. The van der Waals surface area contributed by atoms with Gasteiger partial charge < -0.3 is 15.4 Å². The standard InChI is InChI=1S/C18H18N2O3/c21-17(9-16(18(22)23)19-13-4-5-13)11-3-6-14-12(7-11)8-15(20-14)10-1-2-10/h3,6-10,13,19-20H,1-2,4-5H2,(H,22,23)/b16-9-. The zero-order valence-corrected chi connectivity index (χ0v) is 12.6.